The third-order valence-electron chi connectivity index (χ3n) is 4.10. The van der Waals surface area contributed by atoms with Gasteiger partial charge in [0.1, 0.15) is 0 Å². The largest absolute Gasteiger partial charge is 0.306 e. The summed E-state index contributed by atoms with van der Waals surface area (Å²) in [5.74, 6) is 0. The normalized spacial score (nSPS) is 17.9. The molecule has 1 aliphatic rings. The molecule has 3 aromatic carbocycles. The lowest BCUT2D eigenvalue weighted by molar-refractivity contribution is 0.568. The van der Waals surface area contributed by atoms with Crippen molar-refractivity contribution in [2.45, 2.75) is 12.5 Å². The first-order valence-corrected chi connectivity index (χ1v) is 7.14. The topological polar surface area (TPSA) is 12.0 Å². The fourth-order valence-electron chi connectivity index (χ4n) is 3.08. The average molecular weight is 258 g/mol. The van der Waals surface area contributed by atoms with Crippen LogP contribution in [0, 0.1) is 6.07 Å². The molecule has 0 spiro atoms. The Kier molecular flexibility index (Phi) is 2.79. The van der Waals surface area contributed by atoms with Gasteiger partial charge in [0.05, 0.1) is 6.04 Å². The molecule has 20 heavy (non-hydrogen) atoms. The second-order valence-corrected chi connectivity index (χ2v) is 5.34. The molecule has 1 heterocycles. The maximum Gasteiger partial charge on any atom is 0.0585 e. The Hall–Kier alpha value is -2.12. The lowest BCUT2D eigenvalue weighted by Crippen LogP contribution is -2.30. The van der Waals surface area contributed by atoms with E-state index in [0.29, 0.717) is 0 Å². The van der Waals surface area contributed by atoms with Crippen LogP contribution in [0.5, 0.6) is 0 Å². The van der Waals surface area contributed by atoms with Crippen LogP contribution in [0.25, 0.3) is 10.8 Å². The highest BCUT2D eigenvalue weighted by molar-refractivity contribution is 5.82. The van der Waals surface area contributed by atoms with Gasteiger partial charge in [-0.15, -0.1) is 0 Å². The van der Waals surface area contributed by atoms with E-state index in [9.17, 15) is 0 Å². The first-order chi connectivity index (χ1) is 9.92. The smallest absolute Gasteiger partial charge is 0.0585 e. The number of hydrogen-bond donors (Lipinski definition) is 1. The molecule has 0 saturated heterocycles. The molecule has 0 aromatic heterocycles. The molecule has 1 aliphatic heterocycles. The lowest BCUT2D eigenvalue weighted by Gasteiger charge is -2.27. The Bertz CT molecular complexity index is 760. The number of rotatable bonds is 1. The van der Waals surface area contributed by atoms with E-state index >= 15 is 0 Å². The Morgan fingerprint density at radius 3 is 2.75 bits per heavy atom. The zero-order valence-electron chi connectivity index (χ0n) is 11.3. The van der Waals surface area contributed by atoms with E-state index in [1.165, 1.54) is 27.5 Å². The number of nitrogens with one attached hydrogen (secondary N) is 1. The fraction of sp³-hybridized carbons (Fsp3) is 0.158. The zero-order chi connectivity index (χ0) is 13.4. The first kappa shape index (κ1) is 11.7. The van der Waals surface area contributed by atoms with Gasteiger partial charge in [0.15, 0.2) is 0 Å². The van der Waals surface area contributed by atoms with Gasteiger partial charge in [0.25, 0.3) is 0 Å². The summed E-state index contributed by atoms with van der Waals surface area (Å²) >= 11 is 0. The molecule has 1 N–H and O–H groups in total. The highest BCUT2D eigenvalue weighted by Gasteiger charge is 2.20. The minimum Gasteiger partial charge on any atom is -0.306 e. The Balaban J connectivity index is 1.84. The second-order valence-electron chi connectivity index (χ2n) is 5.34. The van der Waals surface area contributed by atoms with E-state index in [1.807, 2.05) is 0 Å². The molecular weight excluding hydrogens is 242 g/mol. The van der Waals surface area contributed by atoms with Gasteiger partial charge in [-0.25, -0.2) is 0 Å². The maximum atomic E-state index is 3.63. The summed E-state index contributed by atoms with van der Waals surface area (Å²) in [5, 5.41) is 6.07. The van der Waals surface area contributed by atoms with Crippen molar-refractivity contribution in [3.8, 4) is 0 Å². The van der Waals surface area contributed by atoms with Crippen LogP contribution < -0.4 is 5.32 Å². The summed E-state index contributed by atoms with van der Waals surface area (Å²) < 4.78 is 0. The summed E-state index contributed by atoms with van der Waals surface area (Å²) in [4.78, 5) is 0. The van der Waals surface area contributed by atoms with Gasteiger partial charge in [-0.3, -0.25) is 0 Å². The maximum absolute atomic E-state index is 3.63. The molecule has 1 atom stereocenters. The number of fused-ring (bicyclic) bond motifs is 2. The van der Waals surface area contributed by atoms with Crippen LogP contribution in [-0.2, 0) is 6.42 Å². The molecule has 4 rings (SSSR count). The van der Waals surface area contributed by atoms with Crippen molar-refractivity contribution in [1.82, 2.24) is 5.32 Å². The highest BCUT2D eigenvalue weighted by atomic mass is 14.9. The summed E-state index contributed by atoms with van der Waals surface area (Å²) in [7, 11) is 0. The highest BCUT2D eigenvalue weighted by Crippen LogP contribution is 2.29. The quantitative estimate of drug-likeness (QED) is 0.698. The van der Waals surface area contributed by atoms with Gasteiger partial charge >= 0.3 is 0 Å². The molecule has 0 fully saturated rings. The Morgan fingerprint density at radius 2 is 1.75 bits per heavy atom. The van der Waals surface area contributed by atoms with Crippen molar-refractivity contribution in [2.75, 3.05) is 6.54 Å². The first-order valence-electron chi connectivity index (χ1n) is 7.14. The van der Waals surface area contributed by atoms with Crippen LogP contribution in [0.15, 0.2) is 60.7 Å². The molecule has 97 valence electrons. The van der Waals surface area contributed by atoms with Gasteiger partial charge in [-0.2, -0.15) is 0 Å². The van der Waals surface area contributed by atoms with E-state index in [0.717, 1.165) is 13.0 Å². The van der Waals surface area contributed by atoms with Crippen molar-refractivity contribution in [3.05, 3.63) is 83.4 Å². The van der Waals surface area contributed by atoms with Gasteiger partial charge in [-0.1, -0.05) is 60.7 Å². The molecule has 3 aromatic rings. The monoisotopic (exact) mass is 258 g/mol. The van der Waals surface area contributed by atoms with Crippen molar-refractivity contribution in [1.29, 1.82) is 0 Å². The van der Waals surface area contributed by atoms with Crippen molar-refractivity contribution in [3.63, 3.8) is 0 Å². The van der Waals surface area contributed by atoms with E-state index in [-0.39, 0.29) is 6.04 Å². The summed E-state index contributed by atoms with van der Waals surface area (Å²) in [6.45, 7) is 1.03. The van der Waals surface area contributed by atoms with Crippen LogP contribution in [0.2, 0.25) is 0 Å². The van der Waals surface area contributed by atoms with Crippen molar-refractivity contribution in [2.24, 2.45) is 0 Å². The molecule has 1 nitrogen and oxygen atoms in total. The third-order valence-corrected chi connectivity index (χ3v) is 4.10. The number of benzene rings is 3. The molecule has 1 radical (unpaired) electrons. The van der Waals surface area contributed by atoms with Crippen molar-refractivity contribution < 1.29 is 0 Å². The van der Waals surface area contributed by atoms with Gasteiger partial charge < -0.3 is 5.32 Å². The fourth-order valence-corrected chi connectivity index (χ4v) is 3.08. The van der Waals surface area contributed by atoms with Gasteiger partial charge in [-0.05, 0) is 39.9 Å². The van der Waals surface area contributed by atoms with Crippen molar-refractivity contribution >= 4 is 10.8 Å². The molecular formula is C19H16N. The molecule has 0 amide bonds. The van der Waals surface area contributed by atoms with Gasteiger partial charge in [0, 0.05) is 6.54 Å². The molecule has 0 aliphatic carbocycles. The molecule has 1 heteroatoms. The summed E-state index contributed by atoms with van der Waals surface area (Å²) in [6.07, 6.45) is 1.11. The van der Waals surface area contributed by atoms with Crippen LogP contribution in [0.3, 0.4) is 0 Å². The second kappa shape index (κ2) is 4.77. The van der Waals surface area contributed by atoms with Crippen LogP contribution in [0.1, 0.15) is 22.7 Å². The predicted molar refractivity (Wildman–Crippen MR) is 82.8 cm³/mol. The minimum absolute atomic E-state index is 0.268. The third kappa shape index (κ3) is 1.91. The Morgan fingerprint density at radius 1 is 0.900 bits per heavy atom. The zero-order valence-corrected chi connectivity index (χ0v) is 11.3. The average Bonchev–Trinajstić information content (AvgIpc) is 2.54. The van der Waals surface area contributed by atoms with E-state index in [1.54, 1.807) is 0 Å². The van der Waals surface area contributed by atoms with E-state index in [2.05, 4.69) is 72.0 Å². The summed E-state index contributed by atoms with van der Waals surface area (Å²) in [6, 6.07) is 25.4. The van der Waals surface area contributed by atoms with E-state index < -0.39 is 0 Å². The van der Waals surface area contributed by atoms with Crippen LogP contribution >= 0.6 is 0 Å². The molecule has 1 unspecified atom stereocenters. The van der Waals surface area contributed by atoms with Crippen LogP contribution in [0.4, 0.5) is 0 Å². The SMILES string of the molecule is [c]1c(C2NCCc3ccccc32)ccc2ccccc12. The molecule has 0 saturated carbocycles. The Labute approximate surface area is 119 Å². The minimum atomic E-state index is 0.268. The van der Waals surface area contributed by atoms with Gasteiger partial charge in [0.2, 0.25) is 0 Å². The summed E-state index contributed by atoms with van der Waals surface area (Å²) in [5.41, 5.74) is 4.08. The van der Waals surface area contributed by atoms with E-state index in [4.69, 9.17) is 0 Å². The predicted octanol–water partition coefficient (Wildman–Crippen LogP) is 3.88. The molecule has 0 bridgehead atoms. The lowest BCUT2D eigenvalue weighted by atomic mass is 9.89. The van der Waals surface area contributed by atoms with Crippen LogP contribution in [-0.4, -0.2) is 6.54 Å². The standard InChI is InChI=1S/C19H16N/c1-2-7-16-13-17(10-9-14(16)5-1)19-18-8-4-3-6-15(18)11-12-20-19/h1-10,19-20H,11-12H2. The number of hydrogen-bond acceptors (Lipinski definition) is 1.